The Labute approximate surface area is 196 Å². The molecule has 0 amide bonds. The average molecular weight is 478 g/mol. The first-order valence-corrected chi connectivity index (χ1v) is 10.9. The first-order chi connectivity index (χ1) is 16.0. The number of aromatic hydroxyl groups is 3. The molecule has 1 fully saturated rings. The summed E-state index contributed by atoms with van der Waals surface area (Å²) in [7, 11) is 0. The van der Waals surface area contributed by atoms with Gasteiger partial charge in [0.2, 0.25) is 6.29 Å². The molecule has 34 heavy (non-hydrogen) atoms. The van der Waals surface area contributed by atoms with Gasteiger partial charge in [-0.05, 0) is 60.1 Å². The molecule has 2 unspecified atom stereocenters. The molecule has 3 rings (SSSR count). The number of aliphatic hydroxyl groups excluding tert-OH is 3. The summed E-state index contributed by atoms with van der Waals surface area (Å²) in [4.78, 5) is 11.3. The maximum Gasteiger partial charge on any atom is 0.335 e. The summed E-state index contributed by atoms with van der Waals surface area (Å²) < 4.78 is 10.6. The molecule has 0 aromatic heterocycles. The van der Waals surface area contributed by atoms with Gasteiger partial charge in [-0.2, -0.15) is 0 Å². The molecule has 0 bridgehead atoms. The molecule has 7 N–H and O–H groups in total. The number of carboxylic acid groups (broad SMARTS) is 1. The third-order valence-corrected chi connectivity index (χ3v) is 6.21. The van der Waals surface area contributed by atoms with Crippen LogP contribution in [0.1, 0.15) is 25.0 Å². The highest BCUT2D eigenvalue weighted by molar-refractivity contribution is 5.73. The SMILES string of the molecule is CC(Cc1ccc(O)c(O)c1)C(C)Cc1ccc(O)c(O[C@@H]2O[C@H](C(=O)O)[C@@H](O)[C@H](O)[C@H]2O)c1. The molecule has 10 heteroatoms. The van der Waals surface area contributed by atoms with E-state index in [0.29, 0.717) is 12.8 Å². The number of carboxylic acids is 1. The molecule has 0 spiro atoms. The first-order valence-electron chi connectivity index (χ1n) is 10.9. The van der Waals surface area contributed by atoms with E-state index >= 15 is 0 Å². The van der Waals surface area contributed by atoms with Crippen LogP contribution in [0.5, 0.6) is 23.0 Å². The Hall–Kier alpha value is -3.05. The Bertz CT molecular complexity index is 1010. The number of benzene rings is 2. The van der Waals surface area contributed by atoms with Crippen molar-refractivity contribution in [2.45, 2.75) is 57.4 Å². The van der Waals surface area contributed by atoms with Crippen molar-refractivity contribution in [3.05, 3.63) is 47.5 Å². The van der Waals surface area contributed by atoms with E-state index in [1.807, 2.05) is 6.92 Å². The van der Waals surface area contributed by atoms with E-state index in [1.165, 1.54) is 24.3 Å². The molecule has 1 heterocycles. The van der Waals surface area contributed by atoms with Gasteiger partial charge in [0.25, 0.3) is 0 Å². The number of hydrogen-bond acceptors (Lipinski definition) is 9. The summed E-state index contributed by atoms with van der Waals surface area (Å²) in [6.07, 6.45) is -7.58. The second-order valence-electron chi connectivity index (χ2n) is 8.84. The standard InChI is InChI=1S/C24H30O10/c1-11(7-13-3-5-15(25)17(27)9-13)12(2)8-14-4-6-16(26)18(10-14)33-24-21(30)19(28)20(29)22(34-24)23(31)32/h3-6,9-12,19-22,24-30H,7-8H2,1-2H3,(H,31,32)/t11?,12?,19-,20-,21+,22-,24+/m0/s1. The van der Waals surface area contributed by atoms with Crippen molar-refractivity contribution in [2.75, 3.05) is 0 Å². The predicted octanol–water partition coefficient (Wildman–Crippen LogP) is 1.13. The number of phenolic OH excluding ortho intramolecular Hbond substituents is 3. The number of ether oxygens (including phenoxy) is 2. The lowest BCUT2D eigenvalue weighted by Crippen LogP contribution is -2.61. The number of aliphatic carboxylic acids is 1. The molecule has 0 aliphatic carbocycles. The van der Waals surface area contributed by atoms with Crippen LogP contribution in [0.4, 0.5) is 0 Å². The molecule has 186 valence electrons. The largest absolute Gasteiger partial charge is 0.504 e. The van der Waals surface area contributed by atoms with Crippen molar-refractivity contribution < 1.29 is 50.0 Å². The third kappa shape index (κ3) is 5.71. The lowest BCUT2D eigenvalue weighted by atomic mass is 9.85. The number of aliphatic hydroxyl groups is 3. The lowest BCUT2D eigenvalue weighted by molar-refractivity contribution is -0.271. The Morgan fingerprint density at radius 2 is 1.41 bits per heavy atom. The second-order valence-corrected chi connectivity index (χ2v) is 8.84. The molecule has 2 aromatic rings. The third-order valence-electron chi connectivity index (χ3n) is 6.21. The molecule has 0 saturated carbocycles. The van der Waals surface area contributed by atoms with E-state index in [1.54, 1.807) is 12.1 Å². The number of carbonyl (C=O) groups is 1. The molecule has 1 aliphatic rings. The zero-order valence-electron chi connectivity index (χ0n) is 18.8. The van der Waals surface area contributed by atoms with Crippen molar-refractivity contribution in [1.29, 1.82) is 0 Å². The van der Waals surface area contributed by atoms with Gasteiger partial charge in [-0.25, -0.2) is 4.79 Å². The van der Waals surface area contributed by atoms with Gasteiger partial charge in [0.05, 0.1) is 0 Å². The van der Waals surface area contributed by atoms with E-state index < -0.39 is 36.7 Å². The van der Waals surface area contributed by atoms with Crippen molar-refractivity contribution >= 4 is 5.97 Å². The van der Waals surface area contributed by atoms with Crippen LogP contribution < -0.4 is 4.74 Å². The summed E-state index contributed by atoms with van der Waals surface area (Å²) in [6.45, 7) is 4.10. The first kappa shape index (κ1) is 25.6. The Balaban J connectivity index is 1.69. The van der Waals surface area contributed by atoms with E-state index in [9.17, 15) is 40.5 Å². The molecule has 1 aliphatic heterocycles. The fourth-order valence-corrected chi connectivity index (χ4v) is 3.90. The maximum absolute atomic E-state index is 11.3. The van der Waals surface area contributed by atoms with Gasteiger partial charge in [0.15, 0.2) is 29.1 Å². The van der Waals surface area contributed by atoms with E-state index in [4.69, 9.17) is 9.47 Å². The number of hydrogen-bond donors (Lipinski definition) is 7. The second kappa shape index (κ2) is 10.5. The van der Waals surface area contributed by atoms with Gasteiger partial charge in [0.1, 0.15) is 18.3 Å². The summed E-state index contributed by atoms with van der Waals surface area (Å²) in [5, 5.41) is 68.4. The minimum Gasteiger partial charge on any atom is -0.504 e. The number of phenols is 3. The van der Waals surface area contributed by atoms with Crippen molar-refractivity contribution in [2.24, 2.45) is 11.8 Å². The zero-order valence-corrected chi connectivity index (χ0v) is 18.8. The van der Waals surface area contributed by atoms with Crippen LogP contribution in [0.2, 0.25) is 0 Å². The van der Waals surface area contributed by atoms with Crippen LogP contribution in [0, 0.1) is 11.8 Å². The predicted molar refractivity (Wildman–Crippen MR) is 119 cm³/mol. The maximum atomic E-state index is 11.3. The lowest BCUT2D eigenvalue weighted by Gasteiger charge is -2.38. The highest BCUT2D eigenvalue weighted by Gasteiger charge is 2.48. The summed E-state index contributed by atoms with van der Waals surface area (Å²) >= 11 is 0. The smallest absolute Gasteiger partial charge is 0.335 e. The quantitative estimate of drug-likeness (QED) is 0.272. The topological polar surface area (TPSA) is 177 Å². The monoisotopic (exact) mass is 478 g/mol. The van der Waals surface area contributed by atoms with Crippen LogP contribution in [-0.2, 0) is 22.4 Å². The van der Waals surface area contributed by atoms with Gasteiger partial charge >= 0.3 is 5.97 Å². The molecule has 7 atom stereocenters. The van der Waals surface area contributed by atoms with Gasteiger partial charge in [-0.3, -0.25) is 0 Å². The van der Waals surface area contributed by atoms with Crippen LogP contribution in [0.25, 0.3) is 0 Å². The van der Waals surface area contributed by atoms with Crippen molar-refractivity contribution in [3.63, 3.8) is 0 Å². The fraction of sp³-hybridized carbons (Fsp3) is 0.458. The highest BCUT2D eigenvalue weighted by atomic mass is 16.7. The van der Waals surface area contributed by atoms with Crippen LogP contribution in [0.3, 0.4) is 0 Å². The summed E-state index contributed by atoms with van der Waals surface area (Å²) in [6, 6.07) is 9.35. The highest BCUT2D eigenvalue weighted by Crippen LogP contribution is 2.33. The molecular formula is C24H30O10. The van der Waals surface area contributed by atoms with E-state index in [-0.39, 0.29) is 34.8 Å². The van der Waals surface area contributed by atoms with Crippen molar-refractivity contribution in [1.82, 2.24) is 0 Å². The van der Waals surface area contributed by atoms with Gasteiger partial charge in [-0.15, -0.1) is 0 Å². The van der Waals surface area contributed by atoms with Gasteiger partial charge in [0, 0.05) is 0 Å². The van der Waals surface area contributed by atoms with Gasteiger partial charge in [-0.1, -0.05) is 26.0 Å². The van der Waals surface area contributed by atoms with Crippen LogP contribution >= 0.6 is 0 Å². The Morgan fingerprint density at radius 3 is 1.97 bits per heavy atom. The number of rotatable bonds is 8. The molecule has 10 nitrogen and oxygen atoms in total. The zero-order chi connectivity index (χ0) is 25.2. The summed E-state index contributed by atoms with van der Waals surface area (Å²) in [5.74, 6) is -1.87. The minimum atomic E-state index is -1.84. The van der Waals surface area contributed by atoms with Crippen LogP contribution in [-0.4, -0.2) is 72.4 Å². The molecular weight excluding hydrogens is 448 g/mol. The normalized spacial score (nSPS) is 26.6. The van der Waals surface area contributed by atoms with E-state index in [2.05, 4.69) is 6.92 Å². The summed E-state index contributed by atoms with van der Waals surface area (Å²) in [5.41, 5.74) is 1.67. The van der Waals surface area contributed by atoms with Gasteiger partial charge < -0.3 is 45.2 Å². The molecule has 2 aromatic carbocycles. The van der Waals surface area contributed by atoms with Crippen LogP contribution in [0.15, 0.2) is 36.4 Å². The minimum absolute atomic E-state index is 0.0717. The van der Waals surface area contributed by atoms with Crippen molar-refractivity contribution in [3.8, 4) is 23.0 Å². The fourth-order valence-electron chi connectivity index (χ4n) is 3.90. The molecule has 1 saturated heterocycles. The average Bonchev–Trinajstić information content (AvgIpc) is 2.78. The Morgan fingerprint density at radius 1 is 0.853 bits per heavy atom. The van der Waals surface area contributed by atoms with E-state index in [0.717, 1.165) is 11.1 Å². The Kier molecular flexibility index (Phi) is 7.88. The molecule has 0 radical (unpaired) electrons.